The molecule has 1 aromatic carbocycles. The van der Waals surface area contributed by atoms with Crippen LogP contribution in [0, 0.1) is 5.82 Å². The first-order valence-electron chi connectivity index (χ1n) is 13.4. The molecular weight excluding hydrogens is 445 g/mol. The van der Waals surface area contributed by atoms with E-state index in [1.165, 1.54) is 38.2 Å². The van der Waals surface area contributed by atoms with Crippen LogP contribution in [0.15, 0.2) is 18.2 Å². The van der Waals surface area contributed by atoms with Crippen LogP contribution in [0.5, 0.6) is 5.75 Å². The van der Waals surface area contributed by atoms with E-state index in [4.69, 9.17) is 9.72 Å². The summed E-state index contributed by atoms with van der Waals surface area (Å²) in [4.78, 5) is 14.0. The third-order valence-corrected chi connectivity index (χ3v) is 7.17. The number of hydrogen-bond acceptors (Lipinski definition) is 8. The topological polar surface area (TPSA) is 96.0 Å². The smallest absolute Gasteiger partial charge is 0.233 e. The van der Waals surface area contributed by atoms with E-state index in [1.54, 1.807) is 12.1 Å². The highest BCUT2D eigenvalue weighted by Gasteiger charge is 2.26. The number of aromatic nitrogens is 3. The highest BCUT2D eigenvalue weighted by atomic mass is 19.1. The Hall–Kier alpha value is -2.68. The van der Waals surface area contributed by atoms with Crippen molar-refractivity contribution < 1.29 is 9.13 Å². The van der Waals surface area contributed by atoms with Gasteiger partial charge in [0.2, 0.25) is 17.8 Å². The maximum Gasteiger partial charge on any atom is 0.233 e. The zero-order valence-electron chi connectivity index (χ0n) is 20.7. The molecule has 1 aliphatic heterocycles. The van der Waals surface area contributed by atoms with Gasteiger partial charge in [0.05, 0.1) is 6.10 Å². The lowest BCUT2D eigenvalue weighted by molar-refractivity contribution is 0.287. The summed E-state index contributed by atoms with van der Waals surface area (Å²) < 4.78 is 20.2. The fourth-order valence-corrected chi connectivity index (χ4v) is 5.04. The van der Waals surface area contributed by atoms with Crippen molar-refractivity contribution in [2.75, 3.05) is 22.5 Å². The monoisotopic (exact) mass is 483 g/mol. The molecule has 9 heteroatoms. The second-order valence-electron chi connectivity index (χ2n) is 10.1. The van der Waals surface area contributed by atoms with E-state index in [9.17, 15) is 4.39 Å². The van der Waals surface area contributed by atoms with Gasteiger partial charge in [0.25, 0.3) is 0 Å². The highest BCUT2D eigenvalue weighted by Crippen LogP contribution is 2.30. The zero-order valence-corrected chi connectivity index (χ0v) is 20.7. The molecule has 0 amide bonds. The van der Waals surface area contributed by atoms with Gasteiger partial charge < -0.3 is 26.0 Å². The molecule has 0 bridgehead atoms. The predicted molar refractivity (Wildman–Crippen MR) is 137 cm³/mol. The molecule has 1 saturated heterocycles. The van der Waals surface area contributed by atoms with Gasteiger partial charge in [0.15, 0.2) is 11.6 Å². The number of anilines is 4. The minimum absolute atomic E-state index is 0.152. The Kier molecular flexibility index (Phi) is 7.81. The number of ether oxygens (including phenoxy) is 1. The van der Waals surface area contributed by atoms with E-state index >= 15 is 0 Å². The fraction of sp³-hybridized carbons (Fsp3) is 0.654. The average Bonchev–Trinajstić information content (AvgIpc) is 3.57. The van der Waals surface area contributed by atoms with Gasteiger partial charge in [-0.2, -0.15) is 15.0 Å². The molecule has 2 aromatic rings. The normalized spacial score (nSPS) is 21.8. The number of halogens is 1. The molecular formula is C26H38FN7O. The second-order valence-corrected chi connectivity index (χ2v) is 10.1. The van der Waals surface area contributed by atoms with Gasteiger partial charge in [-0.15, -0.1) is 0 Å². The molecule has 4 N–H and O–H groups in total. The van der Waals surface area contributed by atoms with Crippen molar-refractivity contribution in [3.05, 3.63) is 24.0 Å². The first-order valence-corrected chi connectivity index (χ1v) is 13.4. The van der Waals surface area contributed by atoms with Gasteiger partial charge in [-0.05, 0) is 63.6 Å². The molecule has 2 aliphatic carbocycles. The van der Waals surface area contributed by atoms with Crippen molar-refractivity contribution in [2.45, 2.75) is 102 Å². The van der Waals surface area contributed by atoms with Gasteiger partial charge in [0.1, 0.15) is 0 Å². The van der Waals surface area contributed by atoms with Gasteiger partial charge in [-0.1, -0.05) is 32.6 Å². The van der Waals surface area contributed by atoms with Crippen molar-refractivity contribution in [3.8, 4) is 5.75 Å². The van der Waals surface area contributed by atoms with E-state index in [0.717, 1.165) is 45.1 Å². The van der Waals surface area contributed by atoms with Gasteiger partial charge in [0, 0.05) is 29.9 Å². The van der Waals surface area contributed by atoms with Gasteiger partial charge in [-0.3, -0.25) is 0 Å². The van der Waals surface area contributed by atoms with E-state index in [-0.39, 0.29) is 18.0 Å². The van der Waals surface area contributed by atoms with E-state index < -0.39 is 0 Å². The van der Waals surface area contributed by atoms with E-state index in [0.29, 0.717) is 41.4 Å². The van der Waals surface area contributed by atoms with E-state index in [2.05, 4.69) is 38.2 Å². The van der Waals surface area contributed by atoms with E-state index in [1.807, 2.05) is 0 Å². The number of rotatable bonds is 10. The molecule has 3 fully saturated rings. The Bertz CT molecular complexity index is 972. The number of nitrogens with zero attached hydrogens (tertiary/aromatic N) is 3. The summed E-state index contributed by atoms with van der Waals surface area (Å²) in [6, 6.07) is 5.89. The maximum atomic E-state index is 14.6. The van der Waals surface area contributed by atoms with Crippen LogP contribution in [0.2, 0.25) is 0 Å². The summed E-state index contributed by atoms with van der Waals surface area (Å²) in [7, 11) is 0. The molecule has 35 heavy (non-hydrogen) atoms. The molecule has 8 nitrogen and oxygen atoms in total. The molecule has 2 atom stereocenters. The zero-order chi connectivity index (χ0) is 24.0. The molecule has 2 heterocycles. The minimum atomic E-state index is -0.385. The Balaban J connectivity index is 1.35. The number of nitrogens with one attached hydrogen (secondary N) is 4. The lowest BCUT2D eigenvalue weighted by atomic mass is 10.0. The van der Waals surface area contributed by atoms with Crippen LogP contribution in [0.1, 0.15) is 77.6 Å². The van der Waals surface area contributed by atoms with Crippen LogP contribution in [-0.2, 0) is 0 Å². The van der Waals surface area contributed by atoms with Crippen LogP contribution >= 0.6 is 0 Å². The van der Waals surface area contributed by atoms with Crippen molar-refractivity contribution >= 4 is 23.5 Å². The second kappa shape index (κ2) is 11.4. The highest BCUT2D eigenvalue weighted by molar-refractivity contribution is 5.57. The van der Waals surface area contributed by atoms with Gasteiger partial charge >= 0.3 is 0 Å². The van der Waals surface area contributed by atoms with Crippen LogP contribution in [0.25, 0.3) is 0 Å². The predicted octanol–water partition coefficient (Wildman–Crippen LogP) is 5.37. The van der Waals surface area contributed by atoms with Gasteiger partial charge in [-0.25, -0.2) is 4.39 Å². The molecule has 3 aliphatic rings. The first-order chi connectivity index (χ1) is 17.2. The van der Waals surface area contributed by atoms with Crippen molar-refractivity contribution in [2.24, 2.45) is 0 Å². The Morgan fingerprint density at radius 1 is 0.971 bits per heavy atom. The summed E-state index contributed by atoms with van der Waals surface area (Å²) >= 11 is 0. The van der Waals surface area contributed by atoms with Crippen LogP contribution < -0.4 is 26.0 Å². The standard InChI is InChI=1S/C26H38FN7O/c1-2-21(22-10-7-15-28-22)31-26-33-24(29-17-8-5-3-4-6-9-17)32-25(34-26)30-18-11-14-23(20(27)16-18)35-19-12-13-19/h11,14,16-17,19,21-22,28H,2-10,12-13,15H2,1H3,(H3,29,30,31,32,33,34). The molecule has 1 aromatic heterocycles. The van der Waals surface area contributed by atoms with Crippen LogP contribution in [-0.4, -0.2) is 45.7 Å². The number of benzene rings is 1. The van der Waals surface area contributed by atoms with Crippen LogP contribution in [0.4, 0.5) is 27.9 Å². The summed E-state index contributed by atoms with van der Waals surface area (Å²) in [5, 5.41) is 13.8. The van der Waals surface area contributed by atoms with Crippen LogP contribution in [0.3, 0.4) is 0 Å². The summed E-state index contributed by atoms with van der Waals surface area (Å²) in [6.07, 6.45) is 12.7. The molecule has 190 valence electrons. The third-order valence-electron chi connectivity index (χ3n) is 7.17. The Morgan fingerprint density at radius 3 is 2.43 bits per heavy atom. The third kappa shape index (κ3) is 6.72. The average molecular weight is 484 g/mol. The molecule has 2 saturated carbocycles. The Morgan fingerprint density at radius 2 is 1.74 bits per heavy atom. The molecule has 2 unspecified atom stereocenters. The quantitative estimate of drug-likeness (QED) is 0.335. The fourth-order valence-electron chi connectivity index (χ4n) is 5.04. The lowest BCUT2D eigenvalue weighted by Crippen LogP contribution is -2.40. The lowest BCUT2D eigenvalue weighted by Gasteiger charge is -2.24. The molecule has 5 rings (SSSR count). The minimum Gasteiger partial charge on any atom is -0.487 e. The van der Waals surface area contributed by atoms with Crippen molar-refractivity contribution in [1.82, 2.24) is 20.3 Å². The van der Waals surface area contributed by atoms with Crippen molar-refractivity contribution in [1.29, 1.82) is 0 Å². The number of hydrogen-bond donors (Lipinski definition) is 4. The first kappa shape index (κ1) is 24.0. The molecule has 0 spiro atoms. The summed E-state index contributed by atoms with van der Waals surface area (Å²) in [6.45, 7) is 3.23. The molecule has 0 radical (unpaired) electrons. The Labute approximate surface area is 207 Å². The summed E-state index contributed by atoms with van der Waals surface area (Å²) in [5.74, 6) is 1.39. The summed E-state index contributed by atoms with van der Waals surface area (Å²) in [5.41, 5.74) is 0.577. The maximum absolute atomic E-state index is 14.6. The van der Waals surface area contributed by atoms with Crippen molar-refractivity contribution in [3.63, 3.8) is 0 Å². The largest absolute Gasteiger partial charge is 0.487 e. The SMILES string of the molecule is CCC(Nc1nc(Nc2ccc(OC3CC3)c(F)c2)nc(NC2CCCCCC2)n1)C1CCCN1.